The van der Waals surface area contributed by atoms with E-state index in [0.29, 0.717) is 30.0 Å². The minimum atomic E-state index is -2.78. The number of benzene rings is 2. The second-order valence-electron chi connectivity index (χ2n) is 6.88. The van der Waals surface area contributed by atoms with Crippen molar-refractivity contribution < 1.29 is 18.3 Å². The van der Waals surface area contributed by atoms with Gasteiger partial charge in [-0.05, 0) is 42.3 Å². The van der Waals surface area contributed by atoms with Crippen LogP contribution in [0.2, 0.25) is 0 Å². The van der Waals surface area contributed by atoms with Gasteiger partial charge in [0, 0.05) is 12.1 Å². The number of hydrogen-bond donors (Lipinski definition) is 1. The number of halogens is 2. The Morgan fingerprint density at radius 2 is 1.87 bits per heavy atom. The summed E-state index contributed by atoms with van der Waals surface area (Å²) in [7, 11) is 1.54. The summed E-state index contributed by atoms with van der Waals surface area (Å²) in [5.74, 6) is 0.229. The first-order valence-corrected chi connectivity index (χ1v) is 9.70. The van der Waals surface area contributed by atoms with Crippen LogP contribution >= 0.6 is 0 Å². The average Bonchev–Trinajstić information content (AvgIpc) is 3.23. The molecule has 1 amide bonds. The summed E-state index contributed by atoms with van der Waals surface area (Å²) >= 11 is 0. The van der Waals surface area contributed by atoms with Crippen LogP contribution in [0.15, 0.2) is 66.9 Å². The zero-order valence-corrected chi connectivity index (χ0v) is 16.8. The Morgan fingerprint density at radius 3 is 2.55 bits per heavy atom. The van der Waals surface area contributed by atoms with Crippen molar-refractivity contribution in [3.63, 3.8) is 0 Å². The quantitative estimate of drug-likeness (QED) is 0.482. The number of ether oxygens (including phenoxy) is 1. The van der Waals surface area contributed by atoms with Gasteiger partial charge in [0.1, 0.15) is 17.0 Å². The molecule has 31 heavy (non-hydrogen) atoms. The van der Waals surface area contributed by atoms with E-state index < -0.39 is 12.3 Å². The fourth-order valence-electron chi connectivity index (χ4n) is 3.27. The van der Waals surface area contributed by atoms with E-state index in [-0.39, 0.29) is 16.9 Å². The molecular formula is C23H20F2N4O2. The highest BCUT2D eigenvalue weighted by atomic mass is 19.3. The predicted octanol–water partition coefficient (Wildman–Crippen LogP) is 4.32. The molecule has 4 rings (SSSR count). The monoisotopic (exact) mass is 422 g/mol. The summed E-state index contributed by atoms with van der Waals surface area (Å²) in [6.45, 7) is 0.403. The average molecular weight is 422 g/mol. The molecule has 158 valence electrons. The lowest BCUT2D eigenvalue weighted by Crippen LogP contribution is -2.25. The van der Waals surface area contributed by atoms with Crippen LogP contribution in [0.1, 0.15) is 28.0 Å². The Hall–Kier alpha value is -3.81. The third-order valence-electron chi connectivity index (χ3n) is 4.90. The number of nitrogens with one attached hydrogen (secondary N) is 1. The number of amides is 1. The predicted molar refractivity (Wildman–Crippen MR) is 112 cm³/mol. The molecule has 0 atom stereocenters. The maximum atomic E-state index is 13.7. The molecule has 2 aromatic carbocycles. The molecule has 0 fully saturated rings. The van der Waals surface area contributed by atoms with Gasteiger partial charge in [0.2, 0.25) is 0 Å². The molecule has 2 heterocycles. The molecule has 0 unspecified atom stereocenters. The Kier molecular flexibility index (Phi) is 5.88. The van der Waals surface area contributed by atoms with Crippen molar-refractivity contribution in [3.05, 3.63) is 83.7 Å². The van der Waals surface area contributed by atoms with Gasteiger partial charge in [-0.15, -0.1) is 0 Å². The second-order valence-corrected chi connectivity index (χ2v) is 6.88. The van der Waals surface area contributed by atoms with E-state index in [4.69, 9.17) is 4.74 Å². The van der Waals surface area contributed by atoms with Crippen molar-refractivity contribution >= 4 is 11.6 Å². The van der Waals surface area contributed by atoms with Crippen LogP contribution in [0.4, 0.5) is 8.78 Å². The van der Waals surface area contributed by atoms with E-state index in [0.717, 1.165) is 10.1 Å². The zero-order valence-electron chi connectivity index (χ0n) is 16.8. The normalized spacial score (nSPS) is 11.1. The highest BCUT2D eigenvalue weighted by Crippen LogP contribution is 2.27. The van der Waals surface area contributed by atoms with E-state index in [1.807, 2.05) is 30.3 Å². The number of aromatic nitrogens is 3. The number of fused-ring (bicyclic) bond motifs is 1. The third-order valence-corrected chi connectivity index (χ3v) is 4.90. The SMILES string of the molecule is COc1ccc(-c2cc(C(F)F)n3ncc(C(=O)NCCc4ccccc4)c3n2)cc1. The highest BCUT2D eigenvalue weighted by molar-refractivity contribution is 5.99. The fourth-order valence-corrected chi connectivity index (χ4v) is 3.27. The maximum absolute atomic E-state index is 13.7. The lowest BCUT2D eigenvalue weighted by atomic mass is 10.1. The standard InChI is InChI=1S/C23H20F2N4O2/c1-31-17-9-7-16(8-10-17)19-13-20(21(24)25)29-22(28-19)18(14-27-29)23(30)26-12-11-15-5-3-2-4-6-15/h2-10,13-14,21H,11-12H2,1H3,(H,26,30). The minimum Gasteiger partial charge on any atom is -0.497 e. The molecule has 0 saturated heterocycles. The highest BCUT2D eigenvalue weighted by Gasteiger charge is 2.21. The number of hydrogen-bond acceptors (Lipinski definition) is 4. The van der Waals surface area contributed by atoms with Crippen LogP contribution in [0.5, 0.6) is 5.75 Å². The van der Waals surface area contributed by atoms with Crippen LogP contribution in [-0.2, 0) is 6.42 Å². The van der Waals surface area contributed by atoms with Crippen LogP contribution < -0.4 is 10.1 Å². The summed E-state index contributed by atoms with van der Waals surface area (Å²) in [6, 6.07) is 17.9. The minimum absolute atomic E-state index is 0.0841. The molecule has 0 aliphatic carbocycles. The molecule has 8 heteroatoms. The second kappa shape index (κ2) is 8.91. The zero-order chi connectivity index (χ0) is 21.8. The Bertz CT molecular complexity index is 1190. The maximum Gasteiger partial charge on any atom is 0.280 e. The number of nitrogens with zero attached hydrogens (tertiary/aromatic N) is 3. The Balaban J connectivity index is 1.64. The van der Waals surface area contributed by atoms with Crippen molar-refractivity contribution in [1.82, 2.24) is 19.9 Å². The molecule has 2 aromatic heterocycles. The first-order valence-electron chi connectivity index (χ1n) is 9.70. The van der Waals surface area contributed by atoms with Gasteiger partial charge in [0.05, 0.1) is 19.0 Å². The number of methoxy groups -OCH3 is 1. The largest absolute Gasteiger partial charge is 0.497 e. The van der Waals surface area contributed by atoms with Crippen molar-refractivity contribution in [2.75, 3.05) is 13.7 Å². The van der Waals surface area contributed by atoms with Crippen molar-refractivity contribution in [2.24, 2.45) is 0 Å². The summed E-state index contributed by atoms with van der Waals surface area (Å²) in [5.41, 5.74) is 1.93. The Labute approximate surface area is 177 Å². The van der Waals surface area contributed by atoms with E-state index in [2.05, 4.69) is 15.4 Å². The molecule has 0 spiro atoms. The molecular weight excluding hydrogens is 402 g/mol. The van der Waals surface area contributed by atoms with Gasteiger partial charge in [-0.2, -0.15) is 5.10 Å². The van der Waals surface area contributed by atoms with Crippen molar-refractivity contribution in [1.29, 1.82) is 0 Å². The lowest BCUT2D eigenvalue weighted by molar-refractivity contribution is 0.0955. The van der Waals surface area contributed by atoms with Gasteiger partial charge in [-0.3, -0.25) is 4.79 Å². The molecule has 0 aliphatic rings. The molecule has 0 aliphatic heterocycles. The smallest absolute Gasteiger partial charge is 0.280 e. The van der Waals surface area contributed by atoms with Gasteiger partial charge in [0.25, 0.3) is 12.3 Å². The van der Waals surface area contributed by atoms with Gasteiger partial charge in [-0.25, -0.2) is 18.3 Å². The summed E-state index contributed by atoms with van der Waals surface area (Å²) in [5, 5.41) is 6.80. The third kappa shape index (κ3) is 4.37. The molecule has 0 radical (unpaired) electrons. The van der Waals surface area contributed by atoms with Crippen LogP contribution in [0.25, 0.3) is 16.9 Å². The lowest BCUT2D eigenvalue weighted by Gasteiger charge is -2.09. The fraction of sp³-hybridized carbons (Fsp3) is 0.174. The van der Waals surface area contributed by atoms with Gasteiger partial charge in [-0.1, -0.05) is 30.3 Å². The van der Waals surface area contributed by atoms with Gasteiger partial charge < -0.3 is 10.1 Å². The van der Waals surface area contributed by atoms with Gasteiger partial charge >= 0.3 is 0 Å². The van der Waals surface area contributed by atoms with E-state index in [1.165, 1.54) is 12.3 Å². The van der Waals surface area contributed by atoms with E-state index >= 15 is 0 Å². The molecule has 6 nitrogen and oxygen atoms in total. The van der Waals surface area contributed by atoms with Crippen molar-refractivity contribution in [2.45, 2.75) is 12.8 Å². The summed E-state index contributed by atoms with van der Waals surface area (Å²) in [4.78, 5) is 17.2. The molecule has 0 bridgehead atoms. The van der Waals surface area contributed by atoms with Crippen LogP contribution in [0, 0.1) is 0 Å². The van der Waals surface area contributed by atoms with E-state index in [1.54, 1.807) is 31.4 Å². The number of rotatable bonds is 7. The van der Waals surface area contributed by atoms with Gasteiger partial charge in [0.15, 0.2) is 5.65 Å². The molecule has 0 saturated carbocycles. The first-order chi connectivity index (χ1) is 15.1. The van der Waals surface area contributed by atoms with Crippen LogP contribution in [-0.4, -0.2) is 34.2 Å². The first kappa shape index (κ1) is 20.5. The number of carbonyl (C=O) groups excluding carboxylic acids is 1. The summed E-state index contributed by atoms with van der Waals surface area (Å²) in [6.07, 6.45) is -0.862. The summed E-state index contributed by atoms with van der Waals surface area (Å²) < 4.78 is 33.6. The topological polar surface area (TPSA) is 68.5 Å². The number of carbonyl (C=O) groups is 1. The van der Waals surface area contributed by atoms with Crippen molar-refractivity contribution in [3.8, 4) is 17.0 Å². The molecule has 1 N–H and O–H groups in total. The van der Waals surface area contributed by atoms with E-state index in [9.17, 15) is 13.6 Å². The molecule has 4 aromatic rings. The Morgan fingerprint density at radius 1 is 1.13 bits per heavy atom. The van der Waals surface area contributed by atoms with Crippen LogP contribution in [0.3, 0.4) is 0 Å². The number of alkyl halides is 2.